The highest BCUT2D eigenvalue weighted by Gasteiger charge is 2.47. The Morgan fingerprint density at radius 1 is 1.11 bits per heavy atom. The fourth-order valence-corrected chi connectivity index (χ4v) is 4.21. The van der Waals surface area contributed by atoms with E-state index >= 15 is 0 Å². The minimum atomic E-state index is -0.922. The summed E-state index contributed by atoms with van der Waals surface area (Å²) >= 11 is 0. The molecule has 37 heavy (non-hydrogen) atoms. The summed E-state index contributed by atoms with van der Waals surface area (Å²) in [5.41, 5.74) is 2.31. The van der Waals surface area contributed by atoms with Crippen molar-refractivity contribution in [1.29, 1.82) is 0 Å². The summed E-state index contributed by atoms with van der Waals surface area (Å²) in [6.45, 7) is 5.96. The van der Waals surface area contributed by atoms with E-state index in [2.05, 4.69) is 4.98 Å². The largest absolute Gasteiger partial charge is 0.507 e. The molecule has 1 aliphatic heterocycles. The number of nitrogens with zero attached hydrogens (tertiary/aromatic N) is 2. The molecule has 1 atom stereocenters. The summed E-state index contributed by atoms with van der Waals surface area (Å²) in [5.74, 6) is -1.57. The van der Waals surface area contributed by atoms with Crippen molar-refractivity contribution in [1.82, 2.24) is 4.98 Å². The van der Waals surface area contributed by atoms with Crippen molar-refractivity contribution >= 4 is 29.1 Å². The maximum atomic E-state index is 13.3. The van der Waals surface area contributed by atoms with Crippen LogP contribution in [0.2, 0.25) is 0 Å². The number of rotatable bonds is 7. The van der Waals surface area contributed by atoms with Gasteiger partial charge in [0, 0.05) is 23.6 Å². The minimum absolute atomic E-state index is 0.0494. The number of hydrogen-bond acceptors (Lipinski definition) is 7. The third kappa shape index (κ3) is 5.09. The molecule has 0 bridgehead atoms. The molecule has 8 nitrogen and oxygen atoms in total. The number of carbonyl (C=O) groups excluding carboxylic acids is 3. The second-order valence-electron chi connectivity index (χ2n) is 9.18. The van der Waals surface area contributed by atoms with Crippen LogP contribution in [-0.4, -0.2) is 41.5 Å². The van der Waals surface area contributed by atoms with Gasteiger partial charge >= 0.3 is 5.97 Å². The van der Waals surface area contributed by atoms with E-state index in [0.29, 0.717) is 40.3 Å². The van der Waals surface area contributed by atoms with Crippen molar-refractivity contribution in [3.63, 3.8) is 0 Å². The summed E-state index contributed by atoms with van der Waals surface area (Å²) in [5, 5.41) is 11.3. The van der Waals surface area contributed by atoms with E-state index in [1.54, 1.807) is 73.9 Å². The van der Waals surface area contributed by atoms with Crippen molar-refractivity contribution in [3.8, 4) is 5.75 Å². The number of ketones is 1. The number of aromatic nitrogens is 1. The molecule has 0 saturated carbocycles. The fourth-order valence-electron chi connectivity index (χ4n) is 4.21. The summed E-state index contributed by atoms with van der Waals surface area (Å²) in [6, 6.07) is 13.8. The lowest BCUT2D eigenvalue weighted by Gasteiger charge is -2.25. The Hall–Kier alpha value is -4.46. The third-order valence-corrected chi connectivity index (χ3v) is 6.06. The number of aliphatic hydroxyl groups excluding tert-OH is 1. The van der Waals surface area contributed by atoms with Gasteiger partial charge in [-0.25, -0.2) is 4.79 Å². The average Bonchev–Trinajstić information content (AvgIpc) is 3.17. The molecule has 1 unspecified atom stereocenters. The zero-order valence-electron chi connectivity index (χ0n) is 21.1. The molecule has 0 aliphatic carbocycles. The molecule has 8 heteroatoms. The van der Waals surface area contributed by atoms with E-state index in [0.717, 1.165) is 0 Å². The van der Waals surface area contributed by atoms with Gasteiger partial charge in [-0.2, -0.15) is 0 Å². The Labute approximate surface area is 215 Å². The van der Waals surface area contributed by atoms with Crippen LogP contribution in [0.4, 0.5) is 5.69 Å². The van der Waals surface area contributed by atoms with Crippen LogP contribution in [0.15, 0.2) is 72.6 Å². The van der Waals surface area contributed by atoms with Crippen LogP contribution in [0.1, 0.15) is 46.9 Å². The van der Waals surface area contributed by atoms with Crippen molar-refractivity contribution in [2.24, 2.45) is 5.92 Å². The molecule has 1 saturated heterocycles. The first-order valence-electron chi connectivity index (χ1n) is 11.9. The molecule has 0 spiro atoms. The molecule has 1 fully saturated rings. The minimum Gasteiger partial charge on any atom is -0.507 e. The van der Waals surface area contributed by atoms with Crippen LogP contribution in [0.5, 0.6) is 5.75 Å². The standard InChI is InChI=1S/C29H28N2O6/c1-17(2)16-37-29(35)19-7-9-21(10-8-19)31-25(20-6-5-13-30-15-20)24(27(33)28(31)34)26(32)23-12-11-22(36-4)14-18(23)3/h5-15,17,25,32H,16H2,1-4H3/b26-24-. The SMILES string of the molecule is COc1ccc(/C(O)=C2/C(=O)C(=O)N(c3ccc(C(=O)OCC(C)C)cc3)C2c2cccnc2)c(C)c1. The molecule has 1 N–H and O–H groups in total. The van der Waals surface area contributed by atoms with Gasteiger partial charge in [-0.1, -0.05) is 19.9 Å². The smallest absolute Gasteiger partial charge is 0.338 e. The van der Waals surface area contributed by atoms with E-state index < -0.39 is 23.7 Å². The van der Waals surface area contributed by atoms with Gasteiger partial charge in [0.15, 0.2) is 0 Å². The third-order valence-electron chi connectivity index (χ3n) is 6.06. The van der Waals surface area contributed by atoms with Crippen molar-refractivity contribution < 1.29 is 29.0 Å². The molecule has 1 aromatic heterocycles. The first-order valence-corrected chi connectivity index (χ1v) is 11.9. The monoisotopic (exact) mass is 500 g/mol. The molecule has 1 aliphatic rings. The molecule has 190 valence electrons. The Bertz CT molecular complexity index is 1360. The number of ether oxygens (including phenoxy) is 2. The van der Waals surface area contributed by atoms with Crippen molar-refractivity contribution in [2.45, 2.75) is 26.8 Å². The molecule has 2 aromatic carbocycles. The maximum Gasteiger partial charge on any atom is 0.338 e. The lowest BCUT2D eigenvalue weighted by molar-refractivity contribution is -0.132. The quantitative estimate of drug-likeness (QED) is 0.214. The number of pyridine rings is 1. The normalized spacial score (nSPS) is 16.8. The van der Waals surface area contributed by atoms with Crippen LogP contribution in [0, 0.1) is 12.8 Å². The van der Waals surface area contributed by atoms with Crippen LogP contribution in [-0.2, 0) is 14.3 Å². The summed E-state index contributed by atoms with van der Waals surface area (Å²) < 4.78 is 10.5. The van der Waals surface area contributed by atoms with Gasteiger partial charge < -0.3 is 14.6 Å². The van der Waals surface area contributed by atoms with Gasteiger partial charge in [-0.05, 0) is 72.5 Å². The number of hydrogen-bond donors (Lipinski definition) is 1. The van der Waals surface area contributed by atoms with Gasteiger partial charge in [0.05, 0.1) is 30.9 Å². The number of esters is 1. The number of aryl methyl sites for hydroxylation is 1. The number of Topliss-reactive ketones (excluding diaryl/α,β-unsaturated/α-hetero) is 1. The van der Waals surface area contributed by atoms with Crippen molar-refractivity contribution in [2.75, 3.05) is 18.6 Å². The number of benzene rings is 2. The topological polar surface area (TPSA) is 106 Å². The van der Waals surface area contributed by atoms with E-state index in [4.69, 9.17) is 9.47 Å². The second-order valence-corrected chi connectivity index (χ2v) is 9.18. The van der Waals surface area contributed by atoms with E-state index in [1.807, 2.05) is 13.8 Å². The van der Waals surface area contributed by atoms with E-state index in [1.165, 1.54) is 12.0 Å². The molecular formula is C29H28N2O6. The van der Waals surface area contributed by atoms with Crippen LogP contribution < -0.4 is 9.64 Å². The Morgan fingerprint density at radius 3 is 2.43 bits per heavy atom. The van der Waals surface area contributed by atoms with Gasteiger partial charge in [0.2, 0.25) is 0 Å². The predicted octanol–water partition coefficient (Wildman–Crippen LogP) is 4.84. The zero-order valence-corrected chi connectivity index (χ0v) is 21.1. The Morgan fingerprint density at radius 2 is 1.84 bits per heavy atom. The summed E-state index contributed by atoms with van der Waals surface area (Å²) in [7, 11) is 1.54. The summed E-state index contributed by atoms with van der Waals surface area (Å²) in [4.78, 5) is 44.4. The van der Waals surface area contributed by atoms with Gasteiger partial charge in [0.25, 0.3) is 11.7 Å². The number of anilines is 1. The maximum absolute atomic E-state index is 13.3. The Balaban J connectivity index is 1.79. The predicted molar refractivity (Wildman–Crippen MR) is 138 cm³/mol. The van der Waals surface area contributed by atoms with Crippen molar-refractivity contribution in [3.05, 3.63) is 94.8 Å². The summed E-state index contributed by atoms with van der Waals surface area (Å²) in [6.07, 6.45) is 3.14. The number of methoxy groups -OCH3 is 1. The lowest BCUT2D eigenvalue weighted by atomic mass is 9.94. The fraction of sp³-hybridized carbons (Fsp3) is 0.241. The molecule has 3 aromatic rings. The highest BCUT2D eigenvalue weighted by atomic mass is 16.5. The first kappa shape index (κ1) is 25.6. The average molecular weight is 501 g/mol. The van der Waals surface area contributed by atoms with E-state index in [9.17, 15) is 19.5 Å². The second kappa shape index (κ2) is 10.7. The molecular weight excluding hydrogens is 472 g/mol. The molecule has 2 heterocycles. The number of amides is 1. The molecule has 0 radical (unpaired) electrons. The number of aliphatic hydroxyl groups is 1. The Kier molecular flexibility index (Phi) is 7.38. The highest BCUT2D eigenvalue weighted by molar-refractivity contribution is 6.51. The lowest BCUT2D eigenvalue weighted by Crippen LogP contribution is -2.29. The van der Waals surface area contributed by atoms with Gasteiger partial charge in [-0.3, -0.25) is 19.5 Å². The van der Waals surface area contributed by atoms with Crippen LogP contribution >= 0.6 is 0 Å². The van der Waals surface area contributed by atoms with Crippen LogP contribution in [0.25, 0.3) is 5.76 Å². The number of carbonyl (C=O) groups is 3. The van der Waals surface area contributed by atoms with Gasteiger partial charge in [-0.15, -0.1) is 0 Å². The van der Waals surface area contributed by atoms with Crippen LogP contribution in [0.3, 0.4) is 0 Å². The molecule has 1 amide bonds. The van der Waals surface area contributed by atoms with Gasteiger partial charge in [0.1, 0.15) is 11.5 Å². The highest BCUT2D eigenvalue weighted by Crippen LogP contribution is 2.42. The first-order chi connectivity index (χ1) is 17.7. The van der Waals surface area contributed by atoms with E-state index in [-0.39, 0.29) is 17.3 Å². The molecule has 4 rings (SSSR count). The zero-order chi connectivity index (χ0) is 26.7.